The number of thiophene rings is 1. The third-order valence-corrected chi connectivity index (χ3v) is 3.03. The van der Waals surface area contributed by atoms with Gasteiger partial charge in [-0.1, -0.05) is 0 Å². The van der Waals surface area contributed by atoms with Gasteiger partial charge in [-0.15, -0.1) is 11.3 Å². The molecule has 0 aliphatic carbocycles. The van der Waals surface area contributed by atoms with Crippen LogP contribution in [0.3, 0.4) is 0 Å². The Balaban J connectivity index is 2.07. The third-order valence-electron chi connectivity index (χ3n) is 2.09. The first-order valence-electron chi connectivity index (χ1n) is 5.16. The molecule has 0 aromatic carbocycles. The zero-order chi connectivity index (χ0) is 10.9. The van der Waals surface area contributed by atoms with Gasteiger partial charge in [0.1, 0.15) is 6.07 Å². The van der Waals surface area contributed by atoms with Crippen molar-refractivity contribution in [3.63, 3.8) is 0 Å². The van der Waals surface area contributed by atoms with Gasteiger partial charge in [0.05, 0.1) is 5.56 Å². The van der Waals surface area contributed by atoms with Crippen LogP contribution in [0.4, 0.5) is 0 Å². The van der Waals surface area contributed by atoms with Gasteiger partial charge in [0.15, 0.2) is 0 Å². The smallest absolute Gasteiger partial charge is 0.100 e. The molecule has 0 saturated heterocycles. The van der Waals surface area contributed by atoms with E-state index in [4.69, 9.17) is 10.4 Å². The zero-order valence-corrected chi connectivity index (χ0v) is 9.52. The van der Waals surface area contributed by atoms with E-state index in [2.05, 4.69) is 11.4 Å². The summed E-state index contributed by atoms with van der Waals surface area (Å²) in [6, 6.07) is 4.04. The maximum atomic E-state index is 8.63. The summed E-state index contributed by atoms with van der Waals surface area (Å²) in [6.45, 7) is 2.10. The number of nitrogens with zero attached hydrogens (tertiary/aromatic N) is 1. The Morgan fingerprint density at radius 2 is 2.27 bits per heavy atom. The highest BCUT2D eigenvalue weighted by atomic mass is 32.1. The largest absolute Gasteiger partial charge is 0.396 e. The molecule has 2 N–H and O–H groups in total. The molecule has 0 fully saturated rings. The van der Waals surface area contributed by atoms with Gasteiger partial charge in [0, 0.05) is 23.4 Å². The average Bonchev–Trinajstić information content (AvgIpc) is 2.71. The first-order valence-corrected chi connectivity index (χ1v) is 6.04. The van der Waals surface area contributed by atoms with Crippen LogP contribution in [0.5, 0.6) is 0 Å². The van der Waals surface area contributed by atoms with Crippen molar-refractivity contribution >= 4 is 11.3 Å². The lowest BCUT2D eigenvalue weighted by atomic mass is 10.2. The molecule has 1 rings (SSSR count). The number of nitriles is 1. The Bertz CT molecular complexity index is 317. The minimum Gasteiger partial charge on any atom is -0.396 e. The van der Waals surface area contributed by atoms with Gasteiger partial charge in [-0.05, 0) is 31.9 Å². The van der Waals surface area contributed by atoms with Crippen molar-refractivity contribution in [1.29, 1.82) is 5.26 Å². The number of unbranched alkanes of at least 4 members (excludes halogenated alkanes) is 2. The molecule has 1 aromatic rings. The van der Waals surface area contributed by atoms with Gasteiger partial charge in [0.25, 0.3) is 0 Å². The Kier molecular flexibility index (Phi) is 6.02. The number of rotatable bonds is 7. The van der Waals surface area contributed by atoms with Crippen LogP contribution in [-0.4, -0.2) is 18.3 Å². The van der Waals surface area contributed by atoms with E-state index in [-0.39, 0.29) is 6.61 Å². The first-order chi connectivity index (χ1) is 7.36. The summed E-state index contributed by atoms with van der Waals surface area (Å²) >= 11 is 1.62. The summed E-state index contributed by atoms with van der Waals surface area (Å²) in [6.07, 6.45) is 3.05. The molecule has 0 atom stereocenters. The molecule has 4 heteroatoms. The van der Waals surface area contributed by atoms with E-state index in [1.54, 1.807) is 11.3 Å². The topological polar surface area (TPSA) is 56.0 Å². The summed E-state index contributed by atoms with van der Waals surface area (Å²) in [4.78, 5) is 1.20. The van der Waals surface area contributed by atoms with Crippen molar-refractivity contribution in [3.8, 4) is 6.07 Å². The SMILES string of the molecule is N#Cc1csc(CNCCCCCO)c1. The van der Waals surface area contributed by atoms with Gasteiger partial charge in [-0.3, -0.25) is 0 Å². The van der Waals surface area contributed by atoms with Gasteiger partial charge >= 0.3 is 0 Å². The molecule has 1 aromatic heterocycles. The van der Waals surface area contributed by atoms with Crippen molar-refractivity contribution in [1.82, 2.24) is 5.32 Å². The Hall–Kier alpha value is -0.890. The van der Waals surface area contributed by atoms with E-state index in [0.29, 0.717) is 0 Å². The second kappa shape index (κ2) is 7.41. The summed E-state index contributed by atoms with van der Waals surface area (Å²) < 4.78 is 0. The van der Waals surface area contributed by atoms with Gasteiger partial charge in [0.2, 0.25) is 0 Å². The molecule has 0 spiro atoms. The predicted octanol–water partition coefficient (Wildman–Crippen LogP) is 1.87. The van der Waals surface area contributed by atoms with Crippen LogP contribution >= 0.6 is 11.3 Å². The lowest BCUT2D eigenvalue weighted by Crippen LogP contribution is -2.13. The molecular weight excluding hydrogens is 208 g/mol. The lowest BCUT2D eigenvalue weighted by molar-refractivity contribution is 0.283. The molecule has 0 bridgehead atoms. The molecule has 0 amide bonds. The zero-order valence-electron chi connectivity index (χ0n) is 8.70. The second-order valence-corrected chi connectivity index (χ2v) is 4.37. The molecule has 0 unspecified atom stereocenters. The fourth-order valence-electron chi connectivity index (χ4n) is 1.28. The van der Waals surface area contributed by atoms with Crippen molar-refractivity contribution in [2.75, 3.05) is 13.2 Å². The number of hydrogen-bond donors (Lipinski definition) is 2. The molecular formula is C11H16N2OS. The molecule has 0 radical (unpaired) electrons. The maximum Gasteiger partial charge on any atom is 0.100 e. The summed E-state index contributed by atoms with van der Waals surface area (Å²) in [5.41, 5.74) is 0.747. The van der Waals surface area contributed by atoms with Crippen molar-refractivity contribution in [2.24, 2.45) is 0 Å². The van der Waals surface area contributed by atoms with Gasteiger partial charge in [-0.25, -0.2) is 0 Å². The van der Waals surface area contributed by atoms with Crippen molar-refractivity contribution < 1.29 is 5.11 Å². The minimum atomic E-state index is 0.288. The van der Waals surface area contributed by atoms with Crippen LogP contribution in [0, 0.1) is 11.3 Å². The Morgan fingerprint density at radius 3 is 2.93 bits per heavy atom. The van der Waals surface area contributed by atoms with Crippen LogP contribution in [0.2, 0.25) is 0 Å². The number of hydrogen-bond acceptors (Lipinski definition) is 4. The van der Waals surface area contributed by atoms with Gasteiger partial charge < -0.3 is 10.4 Å². The maximum absolute atomic E-state index is 8.63. The third kappa shape index (κ3) is 4.93. The summed E-state index contributed by atoms with van der Waals surface area (Å²) in [5, 5.41) is 22.4. The lowest BCUT2D eigenvalue weighted by Gasteiger charge is -2.01. The van der Waals surface area contributed by atoms with Crippen molar-refractivity contribution in [3.05, 3.63) is 21.9 Å². The Labute approximate surface area is 94.4 Å². The van der Waals surface area contributed by atoms with Crippen LogP contribution in [0.25, 0.3) is 0 Å². The van der Waals surface area contributed by atoms with Gasteiger partial charge in [-0.2, -0.15) is 5.26 Å². The molecule has 1 heterocycles. The van der Waals surface area contributed by atoms with Crippen LogP contribution in [0.15, 0.2) is 11.4 Å². The molecule has 3 nitrogen and oxygen atoms in total. The van der Waals surface area contributed by atoms with E-state index in [1.165, 1.54) is 4.88 Å². The quantitative estimate of drug-likeness (QED) is 0.695. The van der Waals surface area contributed by atoms with E-state index in [1.807, 2.05) is 11.4 Å². The standard InChI is InChI=1S/C11H16N2OS/c12-7-10-6-11(15-9-10)8-13-4-2-1-3-5-14/h6,9,13-14H,1-5,8H2. The van der Waals surface area contributed by atoms with E-state index in [0.717, 1.165) is 37.9 Å². The fraction of sp³-hybridized carbons (Fsp3) is 0.545. The summed E-state index contributed by atoms with van der Waals surface area (Å²) in [7, 11) is 0. The van der Waals surface area contributed by atoms with Crippen LogP contribution in [-0.2, 0) is 6.54 Å². The predicted molar refractivity (Wildman–Crippen MR) is 61.7 cm³/mol. The first kappa shape index (κ1) is 12.2. The normalized spacial score (nSPS) is 10.1. The fourth-order valence-corrected chi connectivity index (χ4v) is 2.06. The minimum absolute atomic E-state index is 0.288. The van der Waals surface area contributed by atoms with Crippen LogP contribution in [0.1, 0.15) is 29.7 Å². The molecule has 0 saturated carbocycles. The number of aliphatic hydroxyl groups is 1. The highest BCUT2D eigenvalue weighted by Gasteiger charge is 1.97. The summed E-state index contributed by atoms with van der Waals surface area (Å²) in [5.74, 6) is 0. The highest BCUT2D eigenvalue weighted by Crippen LogP contribution is 2.13. The second-order valence-electron chi connectivity index (χ2n) is 3.37. The number of nitrogens with one attached hydrogen (secondary N) is 1. The van der Waals surface area contributed by atoms with E-state index < -0.39 is 0 Å². The average molecular weight is 224 g/mol. The number of aliphatic hydroxyl groups excluding tert-OH is 1. The molecule has 15 heavy (non-hydrogen) atoms. The highest BCUT2D eigenvalue weighted by molar-refractivity contribution is 7.10. The Morgan fingerprint density at radius 1 is 1.40 bits per heavy atom. The van der Waals surface area contributed by atoms with Crippen molar-refractivity contribution in [2.45, 2.75) is 25.8 Å². The molecule has 0 aliphatic rings. The van der Waals surface area contributed by atoms with E-state index in [9.17, 15) is 0 Å². The molecule has 0 aliphatic heterocycles. The van der Waals surface area contributed by atoms with E-state index >= 15 is 0 Å². The molecule has 82 valence electrons. The van der Waals surface area contributed by atoms with Crippen LogP contribution < -0.4 is 5.32 Å². The monoisotopic (exact) mass is 224 g/mol.